The normalized spacial score (nSPS) is 21.5. The maximum absolute atomic E-state index is 11.8. The number of benzene rings is 1. The van der Waals surface area contributed by atoms with Crippen LogP contribution in [0, 0.1) is 10.1 Å². The minimum atomic E-state index is -0.964. The van der Waals surface area contributed by atoms with Crippen LogP contribution in [0.2, 0.25) is 5.02 Å². The minimum Gasteiger partial charge on any atom is -0.479 e. The molecule has 0 spiro atoms. The van der Waals surface area contributed by atoms with Crippen molar-refractivity contribution >= 4 is 28.9 Å². The molecule has 1 aromatic rings. The monoisotopic (exact) mass is 312 g/mol. The quantitative estimate of drug-likeness (QED) is 0.664. The molecule has 0 amide bonds. The molecular weight excluding hydrogens is 296 g/mol. The maximum Gasteiger partial charge on any atom is 0.329 e. The first-order valence-corrected chi connectivity index (χ1v) is 7.25. The molecule has 1 fully saturated rings. The molecule has 0 aromatic heterocycles. The summed E-state index contributed by atoms with van der Waals surface area (Å²) in [6.45, 7) is 2.53. The maximum atomic E-state index is 11.8. The molecule has 1 saturated heterocycles. The summed E-state index contributed by atoms with van der Waals surface area (Å²) >= 11 is 6.15. The number of nitro groups is 1. The summed E-state index contributed by atoms with van der Waals surface area (Å²) in [5.41, 5.74) is -0.510. The summed E-state index contributed by atoms with van der Waals surface area (Å²) in [7, 11) is 0. The van der Waals surface area contributed by atoms with Gasteiger partial charge in [-0.25, -0.2) is 4.79 Å². The van der Waals surface area contributed by atoms with Gasteiger partial charge < -0.3 is 10.0 Å². The van der Waals surface area contributed by atoms with Crippen molar-refractivity contribution in [3.63, 3.8) is 0 Å². The van der Waals surface area contributed by atoms with E-state index in [0.717, 1.165) is 12.8 Å². The number of nitro benzene ring substituents is 1. The van der Waals surface area contributed by atoms with Gasteiger partial charge in [0.2, 0.25) is 0 Å². The number of carbonyl (C=O) groups is 1. The predicted octanol–water partition coefficient (Wildman–Crippen LogP) is 3.47. The van der Waals surface area contributed by atoms with Crippen LogP contribution in [0.5, 0.6) is 0 Å². The van der Waals surface area contributed by atoms with Crippen LogP contribution in [0.1, 0.15) is 32.6 Å². The van der Waals surface area contributed by atoms with E-state index in [0.29, 0.717) is 25.1 Å². The van der Waals surface area contributed by atoms with Gasteiger partial charge in [0.05, 0.1) is 15.6 Å². The molecule has 21 heavy (non-hydrogen) atoms. The smallest absolute Gasteiger partial charge is 0.329 e. The summed E-state index contributed by atoms with van der Waals surface area (Å²) in [6, 6.07) is 4.17. The topological polar surface area (TPSA) is 83.7 Å². The van der Waals surface area contributed by atoms with Crippen LogP contribution in [0.3, 0.4) is 0 Å². The summed E-state index contributed by atoms with van der Waals surface area (Å²) < 4.78 is 0. The number of halogens is 1. The summed E-state index contributed by atoms with van der Waals surface area (Å²) in [6.07, 6.45) is 2.59. The Morgan fingerprint density at radius 2 is 2.29 bits per heavy atom. The van der Waals surface area contributed by atoms with Gasteiger partial charge in [0.1, 0.15) is 5.54 Å². The lowest BCUT2D eigenvalue weighted by Crippen LogP contribution is -2.50. The number of hydrogen-bond acceptors (Lipinski definition) is 4. The van der Waals surface area contributed by atoms with E-state index in [1.807, 2.05) is 6.92 Å². The molecule has 0 aliphatic carbocycles. The van der Waals surface area contributed by atoms with Crippen LogP contribution in [0.25, 0.3) is 0 Å². The molecule has 2 rings (SSSR count). The minimum absolute atomic E-state index is 0.0978. The first-order valence-electron chi connectivity index (χ1n) is 6.87. The summed E-state index contributed by atoms with van der Waals surface area (Å²) in [5.74, 6) is -0.865. The van der Waals surface area contributed by atoms with Crippen LogP contribution in [0.4, 0.5) is 11.4 Å². The Morgan fingerprint density at radius 3 is 2.81 bits per heavy atom. The Morgan fingerprint density at radius 1 is 1.57 bits per heavy atom. The second-order valence-electron chi connectivity index (χ2n) is 5.23. The second-order valence-corrected chi connectivity index (χ2v) is 5.64. The number of aliphatic carboxylic acids is 1. The number of non-ortho nitro benzene ring substituents is 1. The number of nitrogens with zero attached hydrogens (tertiary/aromatic N) is 2. The van der Waals surface area contributed by atoms with Crippen molar-refractivity contribution in [2.45, 2.75) is 38.1 Å². The molecular formula is C14H17ClN2O4. The molecule has 1 aliphatic heterocycles. The summed E-state index contributed by atoms with van der Waals surface area (Å²) in [5, 5.41) is 20.6. The Labute approximate surface area is 127 Å². The number of hydrogen-bond donors (Lipinski definition) is 1. The Kier molecular flexibility index (Phi) is 4.37. The lowest BCUT2D eigenvalue weighted by atomic mass is 9.90. The lowest BCUT2D eigenvalue weighted by molar-refractivity contribution is -0.384. The van der Waals surface area contributed by atoms with E-state index in [2.05, 4.69) is 0 Å². The van der Waals surface area contributed by atoms with E-state index in [9.17, 15) is 20.0 Å². The Hall–Kier alpha value is -1.82. The van der Waals surface area contributed by atoms with Crippen LogP contribution in [-0.4, -0.2) is 28.1 Å². The third-order valence-corrected chi connectivity index (χ3v) is 4.29. The molecule has 1 unspecified atom stereocenters. The highest BCUT2D eigenvalue weighted by Gasteiger charge is 2.47. The van der Waals surface area contributed by atoms with Gasteiger partial charge in [0.25, 0.3) is 5.69 Å². The standard InChI is InChI=1S/C14H17ClN2O4/c1-2-6-14(13(18)19)7-3-8-16(14)12-5-4-10(17(20)21)9-11(12)15/h4-5,9H,2-3,6-8H2,1H3,(H,18,19). The van der Waals surface area contributed by atoms with E-state index >= 15 is 0 Å². The molecule has 1 aromatic carbocycles. The second kappa shape index (κ2) is 5.89. The van der Waals surface area contributed by atoms with Gasteiger partial charge in [-0.15, -0.1) is 0 Å². The van der Waals surface area contributed by atoms with E-state index in [1.165, 1.54) is 12.1 Å². The molecule has 0 bridgehead atoms. The molecule has 1 aliphatic rings. The molecule has 1 heterocycles. The van der Waals surface area contributed by atoms with Gasteiger partial charge >= 0.3 is 5.97 Å². The van der Waals surface area contributed by atoms with Gasteiger partial charge in [-0.3, -0.25) is 10.1 Å². The van der Waals surface area contributed by atoms with Crippen LogP contribution >= 0.6 is 11.6 Å². The number of anilines is 1. The van der Waals surface area contributed by atoms with E-state index < -0.39 is 16.4 Å². The molecule has 6 nitrogen and oxygen atoms in total. The van der Waals surface area contributed by atoms with Crippen molar-refractivity contribution in [2.24, 2.45) is 0 Å². The lowest BCUT2D eigenvalue weighted by Gasteiger charge is -2.36. The Balaban J connectivity index is 2.44. The van der Waals surface area contributed by atoms with Gasteiger partial charge in [-0.2, -0.15) is 0 Å². The van der Waals surface area contributed by atoms with Gasteiger partial charge in [-0.1, -0.05) is 24.9 Å². The zero-order valence-electron chi connectivity index (χ0n) is 11.7. The van der Waals surface area contributed by atoms with Gasteiger partial charge in [-0.05, 0) is 25.3 Å². The fraction of sp³-hybridized carbons (Fsp3) is 0.500. The zero-order valence-corrected chi connectivity index (χ0v) is 12.5. The molecule has 7 heteroatoms. The number of carboxylic acid groups (broad SMARTS) is 1. The van der Waals surface area contributed by atoms with E-state index in [1.54, 1.807) is 11.0 Å². The van der Waals surface area contributed by atoms with Gasteiger partial charge in [0, 0.05) is 18.7 Å². The fourth-order valence-electron chi connectivity index (χ4n) is 3.06. The highest BCUT2D eigenvalue weighted by Crippen LogP contribution is 2.41. The molecule has 1 N–H and O–H groups in total. The largest absolute Gasteiger partial charge is 0.479 e. The van der Waals surface area contributed by atoms with Crippen molar-refractivity contribution in [1.82, 2.24) is 0 Å². The first-order chi connectivity index (χ1) is 9.92. The molecule has 1 atom stereocenters. The predicted molar refractivity (Wildman–Crippen MR) is 80.0 cm³/mol. The third-order valence-electron chi connectivity index (χ3n) is 3.98. The average molecular weight is 313 g/mol. The Bertz CT molecular complexity index is 578. The number of carboxylic acids is 1. The molecule has 0 radical (unpaired) electrons. The van der Waals surface area contributed by atoms with Crippen molar-refractivity contribution in [2.75, 3.05) is 11.4 Å². The highest BCUT2D eigenvalue weighted by atomic mass is 35.5. The van der Waals surface area contributed by atoms with Crippen LogP contribution < -0.4 is 4.90 Å². The fourth-order valence-corrected chi connectivity index (χ4v) is 3.34. The van der Waals surface area contributed by atoms with E-state index in [-0.39, 0.29) is 10.7 Å². The van der Waals surface area contributed by atoms with Crippen LogP contribution in [0.15, 0.2) is 18.2 Å². The van der Waals surface area contributed by atoms with Crippen molar-refractivity contribution in [3.05, 3.63) is 33.3 Å². The van der Waals surface area contributed by atoms with Crippen molar-refractivity contribution in [3.8, 4) is 0 Å². The summed E-state index contributed by atoms with van der Waals surface area (Å²) in [4.78, 5) is 23.8. The van der Waals surface area contributed by atoms with E-state index in [4.69, 9.17) is 11.6 Å². The molecule has 0 saturated carbocycles. The third kappa shape index (κ3) is 2.68. The SMILES string of the molecule is CCCC1(C(=O)O)CCCN1c1ccc([N+](=O)[O-])cc1Cl. The highest BCUT2D eigenvalue weighted by molar-refractivity contribution is 6.33. The average Bonchev–Trinajstić information content (AvgIpc) is 2.84. The van der Waals surface area contributed by atoms with Crippen LogP contribution in [-0.2, 0) is 4.79 Å². The molecule has 114 valence electrons. The zero-order chi connectivity index (χ0) is 15.6. The number of rotatable bonds is 5. The van der Waals surface area contributed by atoms with Crippen molar-refractivity contribution in [1.29, 1.82) is 0 Å². The van der Waals surface area contributed by atoms with Gasteiger partial charge in [0.15, 0.2) is 0 Å². The first kappa shape index (κ1) is 15.6. The van der Waals surface area contributed by atoms with Crippen molar-refractivity contribution < 1.29 is 14.8 Å².